The SMILES string of the molecule is COC[Si](C)(C)CCCOc1ccccc1. The molecule has 1 rings (SSSR count). The highest BCUT2D eigenvalue weighted by molar-refractivity contribution is 6.77. The van der Waals surface area contributed by atoms with Crippen LogP contribution in [0.5, 0.6) is 5.75 Å². The third kappa shape index (κ3) is 5.33. The summed E-state index contributed by atoms with van der Waals surface area (Å²) in [6.45, 7) is 5.53. The molecule has 0 aliphatic carbocycles. The Labute approximate surface area is 99.6 Å². The van der Waals surface area contributed by atoms with E-state index >= 15 is 0 Å². The van der Waals surface area contributed by atoms with Crippen LogP contribution in [0.2, 0.25) is 19.1 Å². The van der Waals surface area contributed by atoms with Crippen molar-refractivity contribution in [3.05, 3.63) is 30.3 Å². The fourth-order valence-corrected chi connectivity index (χ4v) is 3.75. The van der Waals surface area contributed by atoms with Crippen molar-refractivity contribution in [2.24, 2.45) is 0 Å². The molecule has 0 atom stereocenters. The van der Waals surface area contributed by atoms with Crippen LogP contribution >= 0.6 is 0 Å². The molecule has 0 fully saturated rings. The number of hydrogen-bond donors (Lipinski definition) is 0. The van der Waals surface area contributed by atoms with Crippen LogP contribution in [0.1, 0.15) is 6.42 Å². The molecule has 0 aliphatic heterocycles. The largest absolute Gasteiger partial charge is 0.494 e. The predicted octanol–water partition coefficient (Wildman–Crippen LogP) is 3.35. The summed E-state index contributed by atoms with van der Waals surface area (Å²) >= 11 is 0. The Hall–Kier alpha value is -0.803. The van der Waals surface area contributed by atoms with Gasteiger partial charge in [0.05, 0.1) is 14.7 Å². The van der Waals surface area contributed by atoms with Gasteiger partial charge in [-0.2, -0.15) is 0 Å². The maximum atomic E-state index is 5.66. The van der Waals surface area contributed by atoms with Crippen molar-refractivity contribution >= 4 is 8.07 Å². The van der Waals surface area contributed by atoms with Gasteiger partial charge in [0.15, 0.2) is 0 Å². The molecule has 0 aliphatic rings. The van der Waals surface area contributed by atoms with Gasteiger partial charge in [-0.25, -0.2) is 0 Å². The molecule has 0 heterocycles. The Morgan fingerprint density at radius 1 is 1.12 bits per heavy atom. The molecule has 1 aromatic rings. The third-order valence-corrected chi connectivity index (χ3v) is 5.32. The molecule has 0 amide bonds. The molecule has 0 saturated carbocycles. The maximum Gasteiger partial charge on any atom is 0.119 e. The molecule has 90 valence electrons. The predicted molar refractivity (Wildman–Crippen MR) is 70.7 cm³/mol. The van der Waals surface area contributed by atoms with E-state index in [9.17, 15) is 0 Å². The fourth-order valence-electron chi connectivity index (χ4n) is 1.72. The molecule has 0 N–H and O–H groups in total. The minimum absolute atomic E-state index is 0.810. The van der Waals surface area contributed by atoms with E-state index in [0.717, 1.165) is 25.0 Å². The molecular weight excluding hydrogens is 216 g/mol. The zero-order valence-corrected chi connectivity index (χ0v) is 11.5. The third-order valence-electron chi connectivity index (χ3n) is 2.54. The minimum atomic E-state index is -1.14. The van der Waals surface area contributed by atoms with Crippen LogP contribution in [-0.2, 0) is 4.74 Å². The Kier molecular flexibility index (Phi) is 5.56. The normalized spacial score (nSPS) is 11.4. The zero-order valence-electron chi connectivity index (χ0n) is 10.5. The molecule has 0 radical (unpaired) electrons. The number of benzene rings is 1. The Balaban J connectivity index is 2.17. The van der Waals surface area contributed by atoms with Crippen molar-refractivity contribution in [1.82, 2.24) is 0 Å². The lowest BCUT2D eigenvalue weighted by molar-refractivity contribution is 0.245. The number of rotatable bonds is 7. The van der Waals surface area contributed by atoms with Crippen LogP contribution in [0.15, 0.2) is 30.3 Å². The molecular formula is C13H22O2Si. The van der Waals surface area contributed by atoms with E-state index in [2.05, 4.69) is 13.1 Å². The first-order chi connectivity index (χ1) is 7.64. The van der Waals surface area contributed by atoms with E-state index in [1.807, 2.05) is 30.3 Å². The van der Waals surface area contributed by atoms with Crippen molar-refractivity contribution < 1.29 is 9.47 Å². The summed E-state index contributed by atoms with van der Waals surface area (Å²) < 4.78 is 10.9. The highest BCUT2D eigenvalue weighted by Gasteiger charge is 2.19. The van der Waals surface area contributed by atoms with Crippen LogP contribution in [0, 0.1) is 0 Å². The minimum Gasteiger partial charge on any atom is -0.494 e. The second-order valence-corrected chi connectivity index (χ2v) is 9.98. The van der Waals surface area contributed by atoms with Gasteiger partial charge in [-0.1, -0.05) is 37.3 Å². The summed E-state index contributed by atoms with van der Waals surface area (Å²) in [5.41, 5.74) is 0. The average Bonchev–Trinajstić information content (AvgIpc) is 2.26. The Morgan fingerprint density at radius 2 is 1.81 bits per heavy atom. The fraction of sp³-hybridized carbons (Fsp3) is 0.538. The van der Waals surface area contributed by atoms with Gasteiger partial charge in [-0.3, -0.25) is 0 Å². The second-order valence-electron chi connectivity index (χ2n) is 4.86. The van der Waals surface area contributed by atoms with Crippen LogP contribution < -0.4 is 4.74 Å². The maximum absolute atomic E-state index is 5.66. The first-order valence-corrected chi connectivity index (χ1v) is 9.22. The van der Waals surface area contributed by atoms with E-state index in [1.165, 1.54) is 6.04 Å². The summed E-state index contributed by atoms with van der Waals surface area (Å²) in [5.74, 6) is 0.966. The number of hydrogen-bond acceptors (Lipinski definition) is 2. The quantitative estimate of drug-likeness (QED) is 0.536. The Morgan fingerprint density at radius 3 is 2.44 bits per heavy atom. The second kappa shape index (κ2) is 6.71. The van der Waals surface area contributed by atoms with Gasteiger partial charge in [-0.15, -0.1) is 0 Å². The van der Waals surface area contributed by atoms with E-state index in [-0.39, 0.29) is 0 Å². The topological polar surface area (TPSA) is 18.5 Å². The van der Waals surface area contributed by atoms with E-state index in [1.54, 1.807) is 7.11 Å². The van der Waals surface area contributed by atoms with Gasteiger partial charge < -0.3 is 9.47 Å². The molecule has 0 spiro atoms. The van der Waals surface area contributed by atoms with Gasteiger partial charge in [0, 0.05) is 13.3 Å². The lowest BCUT2D eigenvalue weighted by Crippen LogP contribution is -2.32. The van der Waals surface area contributed by atoms with Gasteiger partial charge in [-0.05, 0) is 18.6 Å². The molecule has 3 heteroatoms. The van der Waals surface area contributed by atoms with Crippen LogP contribution in [-0.4, -0.2) is 28.0 Å². The number of para-hydroxylation sites is 1. The highest BCUT2D eigenvalue weighted by atomic mass is 28.3. The van der Waals surface area contributed by atoms with Gasteiger partial charge in [0.2, 0.25) is 0 Å². The standard InChI is InChI=1S/C13H22O2Si/c1-14-12-16(2,3)11-7-10-15-13-8-5-4-6-9-13/h4-6,8-9H,7,10-12H2,1-3H3. The summed E-state index contributed by atoms with van der Waals surface area (Å²) in [6, 6.07) is 11.3. The molecule has 1 aromatic carbocycles. The van der Waals surface area contributed by atoms with Crippen molar-refractivity contribution in [1.29, 1.82) is 0 Å². The molecule has 0 saturated heterocycles. The van der Waals surface area contributed by atoms with Crippen molar-refractivity contribution in [2.45, 2.75) is 25.6 Å². The number of methoxy groups -OCH3 is 1. The van der Waals surface area contributed by atoms with Gasteiger partial charge in [0.1, 0.15) is 5.75 Å². The van der Waals surface area contributed by atoms with Gasteiger partial charge >= 0.3 is 0 Å². The molecule has 2 nitrogen and oxygen atoms in total. The monoisotopic (exact) mass is 238 g/mol. The summed E-state index contributed by atoms with van der Waals surface area (Å²) in [4.78, 5) is 0. The van der Waals surface area contributed by atoms with E-state index < -0.39 is 8.07 Å². The first-order valence-electron chi connectivity index (χ1n) is 5.81. The molecule has 0 bridgehead atoms. The lowest BCUT2D eigenvalue weighted by atomic mass is 10.3. The molecule has 0 unspecified atom stereocenters. The number of ether oxygens (including phenoxy) is 2. The van der Waals surface area contributed by atoms with Crippen molar-refractivity contribution in [3.8, 4) is 5.75 Å². The van der Waals surface area contributed by atoms with E-state index in [0.29, 0.717) is 0 Å². The smallest absolute Gasteiger partial charge is 0.119 e. The Bertz CT molecular complexity index is 285. The van der Waals surface area contributed by atoms with Gasteiger partial charge in [0.25, 0.3) is 0 Å². The van der Waals surface area contributed by atoms with Crippen molar-refractivity contribution in [2.75, 3.05) is 19.9 Å². The van der Waals surface area contributed by atoms with E-state index in [4.69, 9.17) is 9.47 Å². The zero-order chi connectivity index (χ0) is 11.9. The molecule has 16 heavy (non-hydrogen) atoms. The highest BCUT2D eigenvalue weighted by Crippen LogP contribution is 2.14. The summed E-state index contributed by atoms with van der Waals surface area (Å²) in [6.07, 6.45) is 2.07. The van der Waals surface area contributed by atoms with Crippen molar-refractivity contribution in [3.63, 3.8) is 0 Å². The van der Waals surface area contributed by atoms with Crippen LogP contribution in [0.25, 0.3) is 0 Å². The molecule has 0 aromatic heterocycles. The first kappa shape index (κ1) is 13.3. The summed E-state index contributed by atoms with van der Waals surface area (Å²) in [5, 5.41) is 0. The summed E-state index contributed by atoms with van der Waals surface area (Å²) in [7, 11) is 0.643. The van der Waals surface area contributed by atoms with Crippen LogP contribution in [0.3, 0.4) is 0 Å². The lowest BCUT2D eigenvalue weighted by Gasteiger charge is -2.20. The average molecular weight is 238 g/mol. The van der Waals surface area contributed by atoms with Crippen LogP contribution in [0.4, 0.5) is 0 Å².